The molecule has 36 heavy (non-hydrogen) atoms. The van der Waals surface area contributed by atoms with Crippen molar-refractivity contribution in [3.63, 3.8) is 0 Å². The van der Waals surface area contributed by atoms with Crippen molar-refractivity contribution in [3.8, 4) is 0 Å². The van der Waals surface area contributed by atoms with Crippen LogP contribution in [0.4, 0.5) is 5.69 Å². The number of nitrogens with one attached hydrogen (secondary N) is 1. The van der Waals surface area contributed by atoms with E-state index < -0.39 is 37.8 Å². The summed E-state index contributed by atoms with van der Waals surface area (Å²) < 4.78 is -1.99. The first-order valence-electron chi connectivity index (χ1n) is 11.9. The summed E-state index contributed by atoms with van der Waals surface area (Å²) in [5.74, 6) is -4.80. The standard InChI is InChI=1S/C21H18Cl5NO3.C4H8.C2H6/c1-3-13-16(22)20(24)15(18(29)30)14(19(13,23)21(20,25)26)17(28)27-12-5-4-10-6-9(2)7-11(10)8-12;1-3-4-2;1-2/h4-6,8,14-15H,3,7H2,1-2H3,(H,27,28)(H,29,30);3-4H,1-2H3;1-2H3/b;4-3-;. The molecule has 0 aromatic heterocycles. The zero-order chi connectivity index (χ0) is 27.6. The van der Waals surface area contributed by atoms with Gasteiger partial charge in [0.1, 0.15) is 9.75 Å². The average molecular weight is 596 g/mol. The van der Waals surface area contributed by atoms with Gasteiger partial charge in [0, 0.05) is 10.7 Å². The average Bonchev–Trinajstić information content (AvgIpc) is 3.31. The van der Waals surface area contributed by atoms with E-state index >= 15 is 0 Å². The lowest BCUT2D eigenvalue weighted by Crippen LogP contribution is -2.48. The maximum atomic E-state index is 13.4. The zero-order valence-corrected chi connectivity index (χ0v) is 25.0. The minimum atomic E-state index is -1.99. The minimum absolute atomic E-state index is 0.00203. The molecule has 0 spiro atoms. The normalized spacial score (nSPS) is 29.1. The summed E-state index contributed by atoms with van der Waals surface area (Å²) in [7, 11) is 0. The first-order valence-corrected chi connectivity index (χ1v) is 13.8. The molecule has 9 heteroatoms. The topological polar surface area (TPSA) is 66.4 Å². The predicted molar refractivity (Wildman–Crippen MR) is 154 cm³/mol. The van der Waals surface area contributed by atoms with Crippen molar-refractivity contribution in [2.75, 3.05) is 5.32 Å². The molecule has 4 atom stereocenters. The maximum absolute atomic E-state index is 13.4. The molecule has 2 N–H and O–H groups in total. The Morgan fingerprint density at radius 3 is 2.17 bits per heavy atom. The third kappa shape index (κ3) is 4.62. The molecule has 0 radical (unpaired) electrons. The van der Waals surface area contributed by atoms with E-state index in [4.69, 9.17) is 58.0 Å². The monoisotopic (exact) mass is 593 g/mol. The molecule has 4 rings (SSSR count). The van der Waals surface area contributed by atoms with Crippen LogP contribution in [0.25, 0.3) is 6.08 Å². The van der Waals surface area contributed by atoms with Crippen LogP contribution in [0.5, 0.6) is 0 Å². The van der Waals surface area contributed by atoms with Gasteiger partial charge in [0.2, 0.25) is 5.91 Å². The molecule has 198 valence electrons. The van der Waals surface area contributed by atoms with E-state index in [1.165, 1.54) is 5.57 Å². The first kappa shape index (κ1) is 31.1. The summed E-state index contributed by atoms with van der Waals surface area (Å²) in [4.78, 5) is 21.9. The number of allylic oxidation sites excluding steroid dienone is 5. The minimum Gasteiger partial charge on any atom is -0.481 e. The quantitative estimate of drug-likeness (QED) is 0.271. The van der Waals surface area contributed by atoms with Gasteiger partial charge in [-0.15, -0.1) is 23.2 Å². The van der Waals surface area contributed by atoms with Crippen LogP contribution >= 0.6 is 58.0 Å². The van der Waals surface area contributed by atoms with E-state index in [2.05, 4.69) is 11.4 Å². The van der Waals surface area contributed by atoms with Crippen LogP contribution in [-0.4, -0.2) is 31.1 Å². The lowest BCUT2D eigenvalue weighted by Gasteiger charge is -2.35. The van der Waals surface area contributed by atoms with Crippen molar-refractivity contribution in [2.24, 2.45) is 11.8 Å². The Bertz CT molecular complexity index is 1120. The number of carbonyl (C=O) groups is 2. The Balaban J connectivity index is 0.000000694. The fraction of sp³-hybridized carbons (Fsp3) is 0.481. The number of carboxylic acids is 1. The number of carboxylic acid groups (broad SMARTS) is 1. The zero-order valence-electron chi connectivity index (χ0n) is 21.2. The van der Waals surface area contributed by atoms with Crippen LogP contribution in [0.3, 0.4) is 0 Å². The van der Waals surface area contributed by atoms with Crippen LogP contribution < -0.4 is 5.32 Å². The van der Waals surface area contributed by atoms with E-state index in [0.717, 1.165) is 17.5 Å². The molecule has 4 nitrogen and oxygen atoms in total. The Kier molecular flexibility index (Phi) is 10.1. The molecule has 0 aliphatic heterocycles. The number of rotatable bonds is 4. The highest BCUT2D eigenvalue weighted by atomic mass is 35.5. The fourth-order valence-electron chi connectivity index (χ4n) is 5.02. The van der Waals surface area contributed by atoms with Crippen LogP contribution in [0.15, 0.2) is 46.5 Å². The van der Waals surface area contributed by atoms with Gasteiger partial charge in [0.25, 0.3) is 0 Å². The van der Waals surface area contributed by atoms with Gasteiger partial charge in [-0.2, -0.15) is 0 Å². The third-order valence-corrected chi connectivity index (χ3v) is 10.3. The molecule has 3 aliphatic rings. The number of benzene rings is 1. The number of hydrogen-bond acceptors (Lipinski definition) is 2. The van der Waals surface area contributed by atoms with E-state index in [0.29, 0.717) is 17.7 Å². The number of fused-ring (bicyclic) bond motifs is 3. The van der Waals surface area contributed by atoms with E-state index in [1.54, 1.807) is 13.0 Å². The number of alkyl halides is 4. The van der Waals surface area contributed by atoms with Crippen molar-refractivity contribution in [1.29, 1.82) is 0 Å². The second-order valence-electron chi connectivity index (χ2n) is 8.67. The highest BCUT2D eigenvalue weighted by Gasteiger charge is 2.84. The fourth-order valence-corrected chi connectivity index (χ4v) is 7.72. The predicted octanol–water partition coefficient (Wildman–Crippen LogP) is 8.57. The van der Waals surface area contributed by atoms with Crippen LogP contribution in [0.2, 0.25) is 0 Å². The second-order valence-corrected chi connectivity index (χ2v) is 11.6. The Hall–Kier alpha value is -1.17. The number of aliphatic carboxylic acids is 1. The van der Waals surface area contributed by atoms with Crippen molar-refractivity contribution in [3.05, 3.63) is 57.7 Å². The van der Waals surface area contributed by atoms with Crippen LogP contribution in [0, 0.1) is 11.8 Å². The molecule has 4 unspecified atom stereocenters. The summed E-state index contributed by atoms with van der Waals surface area (Å²) >= 11 is 33.2. The van der Waals surface area contributed by atoms with Gasteiger partial charge in [-0.25, -0.2) is 0 Å². The van der Waals surface area contributed by atoms with Gasteiger partial charge in [-0.05, 0) is 62.4 Å². The van der Waals surface area contributed by atoms with Crippen molar-refractivity contribution < 1.29 is 14.7 Å². The number of amides is 1. The molecular formula is C27H32Cl5NO3. The van der Waals surface area contributed by atoms with Crippen molar-refractivity contribution in [2.45, 2.75) is 68.5 Å². The summed E-state index contributed by atoms with van der Waals surface area (Å²) in [5, 5.41) is 12.7. The number of halogens is 5. The molecule has 1 amide bonds. The maximum Gasteiger partial charge on any atom is 0.309 e. The Morgan fingerprint density at radius 1 is 1.08 bits per heavy atom. The van der Waals surface area contributed by atoms with Gasteiger partial charge in [-0.1, -0.05) is 85.4 Å². The Labute approximate surface area is 238 Å². The van der Waals surface area contributed by atoms with E-state index in [9.17, 15) is 14.7 Å². The molecule has 3 aliphatic carbocycles. The van der Waals surface area contributed by atoms with Crippen LogP contribution in [-0.2, 0) is 16.0 Å². The number of anilines is 1. The molecule has 1 aromatic rings. The SMILES string of the molecule is C/C=C\C.CC.CCC1=C(Cl)C2(Cl)C(C(=O)O)C(C(=O)Nc3ccc4c(c3)CC(C)=C4)C1(Cl)C2(Cl)Cl. The second kappa shape index (κ2) is 11.7. The van der Waals surface area contributed by atoms with Crippen LogP contribution in [0.1, 0.15) is 59.1 Å². The summed E-state index contributed by atoms with van der Waals surface area (Å²) in [6.07, 6.45) is 7.19. The molecular weight excluding hydrogens is 564 g/mol. The molecule has 2 bridgehead atoms. The number of hydrogen-bond donors (Lipinski definition) is 2. The smallest absolute Gasteiger partial charge is 0.309 e. The van der Waals surface area contributed by atoms with E-state index in [-0.39, 0.29) is 5.03 Å². The number of carbonyl (C=O) groups excluding carboxylic acids is 1. The van der Waals surface area contributed by atoms with Crippen molar-refractivity contribution in [1.82, 2.24) is 0 Å². The summed E-state index contributed by atoms with van der Waals surface area (Å²) in [6.45, 7) is 11.8. The lowest BCUT2D eigenvalue weighted by molar-refractivity contribution is -0.146. The van der Waals surface area contributed by atoms with Gasteiger partial charge < -0.3 is 10.4 Å². The molecule has 0 saturated heterocycles. The highest BCUT2D eigenvalue weighted by molar-refractivity contribution is 6.63. The summed E-state index contributed by atoms with van der Waals surface area (Å²) in [5.41, 5.74) is 4.30. The Morgan fingerprint density at radius 2 is 1.67 bits per heavy atom. The van der Waals surface area contributed by atoms with Gasteiger partial charge in [-0.3, -0.25) is 9.59 Å². The largest absolute Gasteiger partial charge is 0.481 e. The van der Waals surface area contributed by atoms with Crippen molar-refractivity contribution >= 4 is 81.6 Å². The molecule has 1 saturated carbocycles. The van der Waals surface area contributed by atoms with Gasteiger partial charge >= 0.3 is 5.97 Å². The lowest BCUT2D eigenvalue weighted by atomic mass is 9.77. The molecule has 1 fully saturated rings. The summed E-state index contributed by atoms with van der Waals surface area (Å²) in [6, 6.07) is 5.52. The molecule has 1 aromatic carbocycles. The third-order valence-electron chi connectivity index (χ3n) is 6.64. The highest BCUT2D eigenvalue weighted by Crippen LogP contribution is 2.76. The van der Waals surface area contributed by atoms with Gasteiger partial charge in [0.15, 0.2) is 4.33 Å². The van der Waals surface area contributed by atoms with E-state index in [1.807, 2.05) is 58.9 Å². The van der Waals surface area contributed by atoms with Gasteiger partial charge in [0.05, 0.1) is 11.8 Å². The first-order chi connectivity index (χ1) is 16.8. The molecule has 0 heterocycles.